The molecule has 1 atom stereocenters. The van der Waals surface area contributed by atoms with Crippen molar-refractivity contribution in [1.29, 1.82) is 0 Å². The molecule has 1 aliphatic heterocycles. The molecule has 2 rings (SSSR count). The monoisotopic (exact) mass is 291 g/mol. The zero-order valence-corrected chi connectivity index (χ0v) is 12.9. The number of methoxy groups -OCH3 is 1. The van der Waals surface area contributed by atoms with E-state index >= 15 is 0 Å². The molecule has 0 radical (unpaired) electrons. The van der Waals surface area contributed by atoms with Crippen LogP contribution in [0.1, 0.15) is 18.4 Å². The molecule has 0 aromatic heterocycles. The third-order valence-corrected chi connectivity index (χ3v) is 3.73. The van der Waals surface area contributed by atoms with E-state index in [1.807, 2.05) is 36.1 Å². The third kappa shape index (κ3) is 5.02. The number of carbonyl (C=O) groups excluding carboxylic acids is 1. The van der Waals surface area contributed by atoms with Gasteiger partial charge in [-0.1, -0.05) is 12.1 Å². The Labute approximate surface area is 126 Å². The number of aryl methyl sites for hydroxylation is 1. The van der Waals surface area contributed by atoms with E-state index in [0.29, 0.717) is 19.2 Å². The molecular weight excluding hydrogens is 266 g/mol. The molecule has 1 aromatic rings. The van der Waals surface area contributed by atoms with Crippen molar-refractivity contribution < 1.29 is 9.53 Å². The van der Waals surface area contributed by atoms with E-state index in [-0.39, 0.29) is 6.03 Å². The van der Waals surface area contributed by atoms with E-state index < -0.39 is 0 Å². The summed E-state index contributed by atoms with van der Waals surface area (Å²) in [5.41, 5.74) is 1.97. The predicted octanol–water partition coefficient (Wildman–Crippen LogP) is 2.23. The number of benzene rings is 1. The van der Waals surface area contributed by atoms with Gasteiger partial charge in [0, 0.05) is 31.9 Å². The summed E-state index contributed by atoms with van der Waals surface area (Å²) < 4.78 is 5.11. The highest BCUT2D eigenvalue weighted by Gasteiger charge is 2.21. The van der Waals surface area contributed by atoms with Crippen LogP contribution in [0.15, 0.2) is 24.3 Å². The first-order valence-corrected chi connectivity index (χ1v) is 7.54. The molecule has 2 N–H and O–H groups in total. The van der Waals surface area contributed by atoms with Crippen LogP contribution in [0.4, 0.5) is 10.5 Å². The molecule has 1 heterocycles. The van der Waals surface area contributed by atoms with E-state index in [0.717, 1.165) is 30.8 Å². The Morgan fingerprint density at radius 2 is 2.38 bits per heavy atom. The van der Waals surface area contributed by atoms with Crippen LogP contribution >= 0.6 is 0 Å². The minimum absolute atomic E-state index is 0.0636. The number of nitrogens with zero attached hydrogens (tertiary/aromatic N) is 1. The van der Waals surface area contributed by atoms with Crippen LogP contribution in [0, 0.1) is 6.92 Å². The molecule has 0 spiro atoms. The van der Waals surface area contributed by atoms with Crippen molar-refractivity contribution in [3.05, 3.63) is 29.8 Å². The molecular formula is C16H25N3O2. The number of ether oxygens (including phenoxy) is 1. The number of carbonyl (C=O) groups is 1. The first-order valence-electron chi connectivity index (χ1n) is 7.54. The molecule has 1 unspecified atom stereocenters. The fraction of sp³-hybridized carbons (Fsp3) is 0.562. The highest BCUT2D eigenvalue weighted by molar-refractivity contribution is 5.89. The zero-order valence-electron chi connectivity index (χ0n) is 12.9. The Kier molecular flexibility index (Phi) is 6.02. The lowest BCUT2D eigenvalue weighted by molar-refractivity contribution is 0.151. The maximum Gasteiger partial charge on any atom is 0.321 e. The van der Waals surface area contributed by atoms with Gasteiger partial charge in [0.1, 0.15) is 0 Å². The van der Waals surface area contributed by atoms with Crippen molar-refractivity contribution in [3.63, 3.8) is 0 Å². The molecule has 0 aliphatic carbocycles. The van der Waals surface area contributed by atoms with Crippen molar-refractivity contribution in [1.82, 2.24) is 10.2 Å². The molecule has 1 fully saturated rings. The summed E-state index contributed by atoms with van der Waals surface area (Å²) in [5, 5.41) is 6.40. The van der Waals surface area contributed by atoms with Gasteiger partial charge in [0.2, 0.25) is 0 Å². The van der Waals surface area contributed by atoms with Crippen LogP contribution in [-0.2, 0) is 4.74 Å². The minimum Gasteiger partial charge on any atom is -0.383 e. The highest BCUT2D eigenvalue weighted by atomic mass is 16.5. The van der Waals surface area contributed by atoms with Crippen molar-refractivity contribution in [2.45, 2.75) is 25.8 Å². The van der Waals surface area contributed by atoms with Gasteiger partial charge in [-0.3, -0.25) is 0 Å². The van der Waals surface area contributed by atoms with E-state index in [1.165, 1.54) is 6.42 Å². The van der Waals surface area contributed by atoms with Crippen molar-refractivity contribution in [2.75, 3.05) is 38.7 Å². The van der Waals surface area contributed by atoms with Crippen LogP contribution in [-0.4, -0.2) is 50.3 Å². The summed E-state index contributed by atoms with van der Waals surface area (Å²) in [5.74, 6) is 0. The molecule has 0 saturated carbocycles. The summed E-state index contributed by atoms with van der Waals surface area (Å²) >= 11 is 0. The van der Waals surface area contributed by atoms with E-state index in [9.17, 15) is 4.79 Å². The lowest BCUT2D eigenvalue weighted by Gasteiger charge is -2.26. The Bertz CT molecular complexity index is 459. The number of rotatable bonds is 6. The van der Waals surface area contributed by atoms with Gasteiger partial charge in [-0.2, -0.15) is 0 Å². The Balaban J connectivity index is 1.95. The lowest BCUT2D eigenvalue weighted by atomic mass is 10.2. The molecule has 1 saturated heterocycles. The second-order valence-corrected chi connectivity index (χ2v) is 5.53. The molecule has 1 aliphatic rings. The van der Waals surface area contributed by atoms with Crippen LogP contribution in [0.2, 0.25) is 0 Å². The van der Waals surface area contributed by atoms with Crippen LogP contribution < -0.4 is 10.6 Å². The predicted molar refractivity (Wildman–Crippen MR) is 84.7 cm³/mol. The largest absolute Gasteiger partial charge is 0.383 e. The number of hydrogen-bond acceptors (Lipinski definition) is 3. The fourth-order valence-corrected chi connectivity index (χ4v) is 2.58. The second-order valence-electron chi connectivity index (χ2n) is 5.53. The van der Waals surface area contributed by atoms with Gasteiger partial charge in [0.15, 0.2) is 0 Å². The lowest BCUT2D eigenvalue weighted by Crippen LogP contribution is -2.44. The summed E-state index contributed by atoms with van der Waals surface area (Å²) in [6.07, 6.45) is 2.31. The van der Waals surface area contributed by atoms with Crippen LogP contribution in [0.5, 0.6) is 0 Å². The van der Waals surface area contributed by atoms with Crippen molar-refractivity contribution in [2.24, 2.45) is 0 Å². The molecule has 21 heavy (non-hydrogen) atoms. The summed E-state index contributed by atoms with van der Waals surface area (Å²) in [6.45, 7) is 4.93. The first-order chi connectivity index (χ1) is 10.2. The SMILES string of the molecule is COCCN(CC1CCCN1)C(=O)Nc1cccc(C)c1. The van der Waals surface area contributed by atoms with Crippen molar-refractivity contribution in [3.8, 4) is 0 Å². The second kappa shape index (κ2) is 8.00. The minimum atomic E-state index is -0.0636. The molecule has 0 bridgehead atoms. The maximum atomic E-state index is 12.4. The van der Waals surface area contributed by atoms with Crippen molar-refractivity contribution >= 4 is 11.7 Å². The molecule has 1 aromatic carbocycles. The fourth-order valence-electron chi connectivity index (χ4n) is 2.58. The van der Waals surface area contributed by atoms with Gasteiger partial charge in [-0.15, -0.1) is 0 Å². The Morgan fingerprint density at radius 1 is 1.52 bits per heavy atom. The third-order valence-electron chi connectivity index (χ3n) is 3.73. The van der Waals surface area contributed by atoms with Gasteiger partial charge < -0.3 is 20.3 Å². The highest BCUT2D eigenvalue weighted by Crippen LogP contribution is 2.12. The number of urea groups is 1. The Morgan fingerprint density at radius 3 is 3.05 bits per heavy atom. The standard InChI is InChI=1S/C16H25N3O2/c1-13-5-3-6-14(11-13)18-16(20)19(9-10-21-2)12-15-7-4-8-17-15/h3,5-6,11,15,17H,4,7-10,12H2,1-2H3,(H,18,20). The average Bonchev–Trinajstić information content (AvgIpc) is 2.96. The van der Waals surface area contributed by atoms with Gasteiger partial charge in [0.05, 0.1) is 6.61 Å². The van der Waals surface area contributed by atoms with Gasteiger partial charge in [0.25, 0.3) is 0 Å². The molecule has 2 amide bonds. The van der Waals surface area contributed by atoms with E-state index in [4.69, 9.17) is 4.74 Å². The number of hydrogen-bond donors (Lipinski definition) is 2. The molecule has 5 nitrogen and oxygen atoms in total. The molecule has 116 valence electrons. The summed E-state index contributed by atoms with van der Waals surface area (Å²) in [7, 11) is 1.66. The summed E-state index contributed by atoms with van der Waals surface area (Å²) in [6, 6.07) is 8.17. The van der Waals surface area contributed by atoms with Gasteiger partial charge in [-0.05, 0) is 44.0 Å². The first kappa shape index (κ1) is 15.8. The quantitative estimate of drug-likeness (QED) is 0.845. The summed E-state index contributed by atoms with van der Waals surface area (Å²) in [4.78, 5) is 14.3. The Hall–Kier alpha value is -1.59. The van der Waals surface area contributed by atoms with Gasteiger partial charge >= 0.3 is 6.03 Å². The van der Waals surface area contributed by atoms with E-state index in [1.54, 1.807) is 7.11 Å². The van der Waals surface area contributed by atoms with Gasteiger partial charge in [-0.25, -0.2) is 4.79 Å². The molecule has 5 heteroatoms. The van der Waals surface area contributed by atoms with E-state index in [2.05, 4.69) is 10.6 Å². The number of anilines is 1. The van der Waals surface area contributed by atoms with Crippen LogP contribution in [0.25, 0.3) is 0 Å². The zero-order chi connectivity index (χ0) is 15.1. The average molecular weight is 291 g/mol. The topological polar surface area (TPSA) is 53.6 Å². The number of nitrogens with one attached hydrogen (secondary N) is 2. The van der Waals surface area contributed by atoms with Crippen LogP contribution in [0.3, 0.4) is 0 Å². The smallest absolute Gasteiger partial charge is 0.321 e. The normalized spacial score (nSPS) is 17.7. The maximum absolute atomic E-state index is 12.4. The number of amides is 2.